The number of halogens is 1. The average molecular weight is 2060 g/mol. The summed E-state index contributed by atoms with van der Waals surface area (Å²) in [6.07, 6.45) is 13.0. The van der Waals surface area contributed by atoms with E-state index in [1.807, 2.05) is 139 Å². The number of nitrogens with zero attached hydrogens (tertiary/aromatic N) is 12. The fraction of sp³-hybridized carbons (Fsp3) is 0.373. The Morgan fingerprint density at radius 1 is 0.400 bits per heavy atom. The van der Waals surface area contributed by atoms with Crippen LogP contribution in [0.1, 0.15) is 237 Å². The Balaban J connectivity index is 0.000000187. The van der Waals surface area contributed by atoms with Crippen molar-refractivity contribution < 1.29 is 77.8 Å². The molecular formula is C118H140ClN15O16. The highest BCUT2D eigenvalue weighted by atomic mass is 35.5. The normalized spacial score (nSPS) is 14.0. The minimum atomic E-state index is -0.922. The zero-order chi connectivity index (χ0) is 107. The van der Waals surface area contributed by atoms with Crippen molar-refractivity contribution in [1.29, 1.82) is 0 Å². The maximum absolute atomic E-state index is 14.6. The molecule has 150 heavy (non-hydrogen) atoms. The van der Waals surface area contributed by atoms with Crippen LogP contribution < -0.4 is 30.2 Å². The van der Waals surface area contributed by atoms with E-state index >= 15 is 0 Å². The van der Waals surface area contributed by atoms with Crippen molar-refractivity contribution in [3.63, 3.8) is 0 Å². The molecule has 1 unspecified atom stereocenters. The van der Waals surface area contributed by atoms with Crippen molar-refractivity contribution in [2.24, 2.45) is 5.92 Å². The third-order valence-corrected chi connectivity index (χ3v) is 27.5. The quantitative estimate of drug-likeness (QED) is 0.0174. The summed E-state index contributed by atoms with van der Waals surface area (Å²) in [5.41, 5.74) is 13.3. The fourth-order valence-corrected chi connectivity index (χ4v) is 18.9. The Labute approximate surface area is 883 Å². The van der Waals surface area contributed by atoms with Crippen molar-refractivity contribution in [3.05, 3.63) is 332 Å². The largest absolute Gasteiger partial charge is 0.512 e. The number of hydrogen-bond acceptors (Lipinski definition) is 19. The third kappa shape index (κ3) is 28.7. The number of aryl methyl sites for hydroxylation is 3. The molecule has 3 aromatic heterocycles. The van der Waals surface area contributed by atoms with E-state index in [2.05, 4.69) is 64.1 Å². The Hall–Kier alpha value is -15.1. The van der Waals surface area contributed by atoms with Gasteiger partial charge in [-0.15, -0.1) is 0 Å². The number of carbonyl (C=O) groups is 9. The van der Waals surface area contributed by atoms with Crippen LogP contribution in [0.4, 0.5) is 17.1 Å². The van der Waals surface area contributed by atoms with Gasteiger partial charge >= 0.3 is 0 Å². The molecule has 3 aliphatic rings. The van der Waals surface area contributed by atoms with Crippen molar-refractivity contribution in [3.8, 4) is 34.3 Å². The number of para-hydroxylation sites is 1. The van der Waals surface area contributed by atoms with Gasteiger partial charge in [0.25, 0.3) is 47.3 Å². The molecule has 0 fully saturated rings. The van der Waals surface area contributed by atoms with Crippen LogP contribution in [-0.4, -0.2) is 230 Å². The van der Waals surface area contributed by atoms with E-state index < -0.39 is 41.8 Å². The summed E-state index contributed by atoms with van der Waals surface area (Å²) in [5.74, 6) is -2.39. The number of aliphatic hydroxyl groups is 4. The van der Waals surface area contributed by atoms with Crippen LogP contribution in [0.3, 0.4) is 0 Å². The summed E-state index contributed by atoms with van der Waals surface area (Å²) in [6.45, 7) is 25.4. The number of ether oxygens (including phenoxy) is 3. The first kappa shape index (κ1) is 112. The number of methoxy groups -OCH3 is 1. The molecule has 31 nitrogen and oxygen atoms in total. The van der Waals surface area contributed by atoms with Crippen LogP contribution >= 0.6 is 11.6 Å². The smallest absolute Gasteiger partial charge is 0.274 e. The number of hydrogen-bond donors (Lipinski definition) is 7. The summed E-state index contributed by atoms with van der Waals surface area (Å²) in [4.78, 5) is 135. The van der Waals surface area contributed by atoms with E-state index in [0.29, 0.717) is 169 Å². The third-order valence-electron chi connectivity index (χ3n) is 27.2. The zero-order valence-corrected chi connectivity index (χ0v) is 88.3. The first-order chi connectivity index (χ1) is 72.6. The first-order valence-corrected chi connectivity index (χ1v) is 52.4. The van der Waals surface area contributed by atoms with E-state index in [9.17, 15) is 63.6 Å². The van der Waals surface area contributed by atoms with E-state index in [1.54, 1.807) is 157 Å². The van der Waals surface area contributed by atoms with E-state index in [1.165, 1.54) is 0 Å². The Morgan fingerprint density at radius 2 is 0.713 bits per heavy atom. The lowest BCUT2D eigenvalue weighted by atomic mass is 9.93. The van der Waals surface area contributed by atoms with Gasteiger partial charge in [-0.25, -0.2) is 14.0 Å². The monoisotopic (exact) mass is 2060 g/mol. The Morgan fingerprint density at radius 3 is 1.04 bits per heavy atom. The van der Waals surface area contributed by atoms with E-state index in [-0.39, 0.29) is 97.3 Å². The lowest BCUT2D eigenvalue weighted by Gasteiger charge is -2.36. The summed E-state index contributed by atoms with van der Waals surface area (Å²) in [6, 6.07) is 65.7. The molecule has 4 atom stereocenters. The van der Waals surface area contributed by atoms with Crippen LogP contribution in [0.15, 0.2) is 237 Å². The SMILES string of the molecule is C=C(O)C(Cc1ccccc1)C(=O)Nc1ccc(-n2nc(C(=O)N(CCCC)CCCC)cc2C)c(C(=O)N2Cc3ccccc3C[C@H]2CO)c1.CCCCN(CCCC)C(=O)c1cc(C)n(-c2ccc(NC(=O)COc3ccc(OC)cc3)cc2C(=O)N2Cc3ccccc3C[C@H]2CO)n1.CCCCN(CCCC)C(=O)c1cc(C)n(-c2ccc(NC(=O)COc3ccccc3Cl)cc2C(=O)N2Cc3ccccc3C[C@H]2CO)n1. The van der Waals surface area contributed by atoms with Gasteiger partial charge in [-0.3, -0.25) is 43.2 Å². The maximum Gasteiger partial charge on any atom is 0.274 e. The summed E-state index contributed by atoms with van der Waals surface area (Å²) in [5, 5.41) is 64.7. The van der Waals surface area contributed by atoms with Gasteiger partial charge in [0, 0.05) is 93.0 Å². The molecule has 7 N–H and O–H groups in total. The van der Waals surface area contributed by atoms with Gasteiger partial charge in [-0.1, -0.05) is 214 Å². The predicted molar refractivity (Wildman–Crippen MR) is 581 cm³/mol. The molecular weight excluding hydrogens is 1920 g/mol. The van der Waals surface area contributed by atoms with E-state index in [0.717, 1.165) is 116 Å². The number of rotatable bonds is 44. The number of fused-ring (bicyclic) bond motifs is 3. The van der Waals surface area contributed by atoms with Gasteiger partial charge in [-0.05, 0) is 233 Å². The Bertz CT molecular complexity index is 6650. The number of aliphatic hydroxyl groups excluding tert-OH is 4. The van der Waals surface area contributed by atoms with Crippen molar-refractivity contribution in [1.82, 2.24) is 58.7 Å². The molecule has 0 bridgehead atoms. The second-order valence-corrected chi connectivity index (χ2v) is 38.6. The van der Waals surface area contributed by atoms with Crippen LogP contribution in [0.25, 0.3) is 17.1 Å². The highest BCUT2D eigenvalue weighted by molar-refractivity contribution is 6.32. The molecule has 9 amide bonds. The van der Waals surface area contributed by atoms with Crippen molar-refractivity contribution in [2.75, 3.05) is 95.4 Å². The number of carbonyl (C=O) groups excluding carboxylic acids is 9. The van der Waals surface area contributed by atoms with Crippen LogP contribution in [-0.2, 0) is 59.7 Å². The molecule has 790 valence electrons. The molecule has 0 radical (unpaired) electrons. The Kier molecular flexibility index (Phi) is 40.9. The molecule has 0 aliphatic carbocycles. The standard InChI is InChI=1S/C41H49N5O5.C39H47N5O6.C38H44ClN5O5/c1-5-7-20-44(21-8-6-2)41(51)37-22-28(3)46(43-37)38-19-18-33(42-39(49)35(29(4)48)23-30-14-10-9-11-15-30)25-36(38)40(50)45-26-32-17-13-12-16-31(32)24-34(45)27-47;1-5-7-19-42(20-8-6-2)39(48)35-21-27(3)44(41-35)36-18-13-30(40-37(46)26-50-33-16-14-32(49-4)15-17-33)23-34(36)38(47)43-24-29-12-10-9-11-28(29)22-31(43)25-45;1-4-6-18-42(19-7-5-2)38(48)33-20-26(3)44(41-33)34-17-16-29(40-36(46)25-49-35-15-11-10-14-32(35)39)22-31(34)37(47)43-23-28-13-9-8-12-27(28)21-30(43)24-45/h9-19,22,25,34-35,47-48H,4-8,20-21,23-24,26-27H2,1-3H3,(H,42,49);9-18,21,23,31,45H,5-8,19-20,22,24-26H2,1-4H3,(H,40,46);8-17,20,22,30,45H,4-7,18-19,21,23-25H2,1-3H3,(H,40,46)/t34-,35?;31-;30-/m000/s1. The van der Waals surface area contributed by atoms with Gasteiger partial charge < -0.3 is 80.0 Å². The molecule has 12 aromatic rings. The van der Waals surface area contributed by atoms with Gasteiger partial charge in [0.2, 0.25) is 5.91 Å². The number of nitrogens with one attached hydrogen (secondary N) is 3. The maximum atomic E-state index is 14.6. The van der Waals surface area contributed by atoms with Crippen molar-refractivity contribution in [2.45, 2.75) is 203 Å². The number of aromatic nitrogens is 6. The second-order valence-electron chi connectivity index (χ2n) is 38.2. The molecule has 3 aliphatic heterocycles. The number of amides is 9. The molecule has 6 heterocycles. The van der Waals surface area contributed by atoms with Crippen LogP contribution in [0.5, 0.6) is 17.2 Å². The molecule has 0 saturated heterocycles. The minimum absolute atomic E-state index is 0.143. The molecule has 0 saturated carbocycles. The van der Waals surface area contributed by atoms with Crippen LogP contribution in [0, 0.1) is 26.7 Å². The number of anilines is 3. The van der Waals surface area contributed by atoms with Gasteiger partial charge in [-0.2, -0.15) is 15.3 Å². The number of unbranched alkanes of at least 4 members (excludes halogenated alkanes) is 6. The minimum Gasteiger partial charge on any atom is -0.512 e. The van der Waals surface area contributed by atoms with Gasteiger partial charge in [0.05, 0.1) is 95.5 Å². The topological polar surface area (TPSA) is 371 Å². The summed E-state index contributed by atoms with van der Waals surface area (Å²) < 4.78 is 21.3. The molecule has 15 rings (SSSR count). The highest BCUT2D eigenvalue weighted by Crippen LogP contribution is 2.36. The highest BCUT2D eigenvalue weighted by Gasteiger charge is 2.38. The lowest BCUT2D eigenvalue weighted by molar-refractivity contribution is -0.120. The summed E-state index contributed by atoms with van der Waals surface area (Å²) >= 11 is 6.18. The van der Waals surface area contributed by atoms with Gasteiger partial charge in [0.15, 0.2) is 30.3 Å². The second kappa shape index (κ2) is 54.8. The van der Waals surface area contributed by atoms with Gasteiger partial charge in [0.1, 0.15) is 17.2 Å². The summed E-state index contributed by atoms with van der Waals surface area (Å²) in [7, 11) is 1.57. The predicted octanol–water partition coefficient (Wildman–Crippen LogP) is 18.9. The van der Waals surface area contributed by atoms with E-state index in [4.69, 9.17) is 41.1 Å². The number of benzene rings is 9. The molecule has 32 heteroatoms. The average Bonchev–Trinajstić information content (AvgIpc) is 1.42. The van der Waals surface area contributed by atoms with Crippen molar-refractivity contribution >= 4 is 81.8 Å². The zero-order valence-electron chi connectivity index (χ0n) is 87.5. The molecule has 0 spiro atoms. The lowest BCUT2D eigenvalue weighted by Crippen LogP contribution is -2.46. The van der Waals surface area contributed by atoms with Crippen LogP contribution in [0.2, 0.25) is 5.02 Å². The molecule has 9 aromatic carbocycles. The fourth-order valence-electron chi connectivity index (χ4n) is 18.7. The first-order valence-electron chi connectivity index (χ1n) is 52.1.